The van der Waals surface area contributed by atoms with Crippen molar-refractivity contribution in [2.45, 2.75) is 38.5 Å². The zero-order chi connectivity index (χ0) is 24.9. The lowest BCUT2D eigenvalue weighted by molar-refractivity contribution is 0.0507. The van der Waals surface area contributed by atoms with E-state index in [1.165, 1.54) is 21.8 Å². The van der Waals surface area contributed by atoms with Gasteiger partial charge in [-0.25, -0.2) is 25.2 Å². The van der Waals surface area contributed by atoms with Crippen LogP contribution in [0.4, 0.5) is 20.6 Å². The van der Waals surface area contributed by atoms with Crippen LogP contribution < -0.4 is 9.80 Å². The highest BCUT2D eigenvalue weighted by Gasteiger charge is 2.35. The Bertz CT molecular complexity index is 1110. The van der Waals surface area contributed by atoms with Gasteiger partial charge in [-0.15, -0.1) is 5.10 Å². The number of ether oxygens (including phenoxy) is 2. The minimum absolute atomic E-state index is 0.0988. The fourth-order valence-corrected chi connectivity index (χ4v) is 4.52. The lowest BCUT2D eigenvalue weighted by Gasteiger charge is -2.33. The van der Waals surface area contributed by atoms with Gasteiger partial charge in [-0.05, 0) is 38.0 Å². The first kappa shape index (κ1) is 24.4. The van der Waals surface area contributed by atoms with Gasteiger partial charge in [0.2, 0.25) is 6.04 Å². The Balaban J connectivity index is 1.40. The fourth-order valence-electron chi connectivity index (χ4n) is 4.52. The standard InChI is InChI=1S/C23H27FN6O5/c1-3-34-22(32)21-11-26-27-30(21)13-17-12-29(23(33)35-17)16-4-5-20(18(24)10-16)28-8-6-15(7-9-28)19(14-31)25-2/h4-5,10-11,15,17,19,31H,3,6-9,12-14H2,1H3/t17-,19?/m1/s1. The largest absolute Gasteiger partial charge is 0.461 e. The summed E-state index contributed by atoms with van der Waals surface area (Å²) >= 11 is 0. The van der Waals surface area contributed by atoms with E-state index in [0.29, 0.717) is 37.3 Å². The van der Waals surface area contributed by atoms with Crippen LogP contribution in [-0.4, -0.2) is 77.2 Å². The van der Waals surface area contributed by atoms with Crippen LogP contribution in [-0.2, 0) is 16.0 Å². The third-order valence-corrected chi connectivity index (χ3v) is 6.37. The van der Waals surface area contributed by atoms with Crippen molar-refractivity contribution in [3.05, 3.63) is 47.3 Å². The van der Waals surface area contributed by atoms with E-state index in [1.807, 2.05) is 4.90 Å². The molecular weight excluding hydrogens is 459 g/mol. The van der Waals surface area contributed by atoms with Crippen LogP contribution in [0.25, 0.3) is 4.85 Å². The maximum Gasteiger partial charge on any atom is 0.414 e. The molecule has 2 fully saturated rings. The van der Waals surface area contributed by atoms with Gasteiger partial charge in [0.15, 0.2) is 5.69 Å². The summed E-state index contributed by atoms with van der Waals surface area (Å²) in [6.07, 6.45) is 1.46. The summed E-state index contributed by atoms with van der Waals surface area (Å²) in [4.78, 5) is 31.2. The molecule has 0 aliphatic carbocycles. The molecule has 1 amide bonds. The van der Waals surface area contributed by atoms with Gasteiger partial charge in [0.05, 0.1) is 37.3 Å². The Morgan fingerprint density at radius 1 is 1.40 bits per heavy atom. The van der Waals surface area contributed by atoms with Crippen LogP contribution in [0.2, 0.25) is 0 Å². The molecule has 1 unspecified atom stereocenters. The average molecular weight is 487 g/mol. The number of amides is 1. The second-order valence-electron chi connectivity index (χ2n) is 8.48. The summed E-state index contributed by atoms with van der Waals surface area (Å²) in [5.41, 5.74) is 0.954. The molecule has 4 rings (SSSR count). The highest BCUT2D eigenvalue weighted by Crippen LogP contribution is 2.31. The van der Waals surface area contributed by atoms with E-state index in [4.69, 9.17) is 16.0 Å². The highest BCUT2D eigenvalue weighted by atomic mass is 19.1. The molecule has 35 heavy (non-hydrogen) atoms. The summed E-state index contributed by atoms with van der Waals surface area (Å²) in [6.45, 7) is 10.4. The van der Waals surface area contributed by atoms with Crippen molar-refractivity contribution < 1.29 is 28.6 Å². The first-order chi connectivity index (χ1) is 16.9. The summed E-state index contributed by atoms with van der Waals surface area (Å²) in [5.74, 6) is -0.926. The van der Waals surface area contributed by atoms with Crippen molar-refractivity contribution in [2.24, 2.45) is 5.92 Å². The molecule has 0 spiro atoms. The van der Waals surface area contributed by atoms with Crippen molar-refractivity contribution in [1.29, 1.82) is 0 Å². The zero-order valence-corrected chi connectivity index (χ0v) is 19.3. The number of cyclic esters (lactones) is 1. The molecule has 2 aromatic rings. The normalized spacial score (nSPS) is 19.4. The molecule has 1 aromatic carbocycles. The van der Waals surface area contributed by atoms with Gasteiger partial charge in [-0.1, -0.05) is 5.21 Å². The smallest absolute Gasteiger partial charge is 0.414 e. The molecule has 2 saturated heterocycles. The van der Waals surface area contributed by atoms with E-state index >= 15 is 4.39 Å². The number of hydrogen-bond acceptors (Lipinski definition) is 8. The van der Waals surface area contributed by atoms with Crippen LogP contribution in [0, 0.1) is 18.3 Å². The van der Waals surface area contributed by atoms with Gasteiger partial charge >= 0.3 is 12.1 Å². The molecule has 12 heteroatoms. The summed E-state index contributed by atoms with van der Waals surface area (Å²) < 4.78 is 26.7. The number of carbonyl (C=O) groups excluding carboxylic acids is 2. The number of carbonyl (C=O) groups is 2. The van der Waals surface area contributed by atoms with Gasteiger partial charge in [-0.2, -0.15) is 0 Å². The number of aliphatic hydroxyl groups excluding tert-OH is 1. The third kappa shape index (κ3) is 5.19. The molecule has 0 bridgehead atoms. The van der Waals surface area contributed by atoms with Crippen molar-refractivity contribution in [3.63, 3.8) is 0 Å². The number of halogens is 1. The quantitative estimate of drug-likeness (QED) is 0.446. The van der Waals surface area contributed by atoms with Crippen LogP contribution in [0.3, 0.4) is 0 Å². The topological polar surface area (TPSA) is 114 Å². The van der Waals surface area contributed by atoms with Gasteiger partial charge in [0.1, 0.15) is 18.5 Å². The van der Waals surface area contributed by atoms with Crippen LogP contribution >= 0.6 is 0 Å². The molecule has 2 atom stereocenters. The van der Waals surface area contributed by atoms with Crippen LogP contribution in [0.5, 0.6) is 0 Å². The summed E-state index contributed by atoms with van der Waals surface area (Å²) in [6, 6.07) is 4.20. The van der Waals surface area contributed by atoms with Crippen molar-refractivity contribution in [2.75, 3.05) is 42.6 Å². The number of anilines is 2. The SMILES string of the molecule is [C-]#[N+]C(CO)C1CCN(c2ccc(N3C[C@H](Cn4nncc4C(=O)OCC)OC3=O)cc2F)CC1. The Morgan fingerprint density at radius 2 is 2.17 bits per heavy atom. The minimum Gasteiger partial charge on any atom is -0.461 e. The molecule has 0 saturated carbocycles. The predicted octanol–water partition coefficient (Wildman–Crippen LogP) is 2.12. The number of aliphatic hydroxyl groups is 1. The lowest BCUT2D eigenvalue weighted by Crippen LogP contribution is -2.38. The number of hydrogen-bond donors (Lipinski definition) is 1. The third-order valence-electron chi connectivity index (χ3n) is 6.37. The molecule has 1 N–H and O–H groups in total. The maximum absolute atomic E-state index is 15.0. The van der Waals surface area contributed by atoms with Crippen molar-refractivity contribution in [3.8, 4) is 0 Å². The first-order valence-electron chi connectivity index (χ1n) is 11.5. The first-order valence-corrected chi connectivity index (χ1v) is 11.5. The van der Waals surface area contributed by atoms with E-state index in [0.717, 1.165) is 0 Å². The maximum atomic E-state index is 15.0. The van der Waals surface area contributed by atoms with Crippen LogP contribution in [0.15, 0.2) is 24.4 Å². The number of esters is 1. The Labute approximate surface area is 201 Å². The minimum atomic E-state index is -0.616. The fraction of sp³-hybridized carbons (Fsp3) is 0.522. The van der Waals surface area contributed by atoms with Gasteiger partial charge in [0.25, 0.3) is 0 Å². The van der Waals surface area contributed by atoms with E-state index in [9.17, 15) is 14.7 Å². The van der Waals surface area contributed by atoms with Crippen LogP contribution in [0.1, 0.15) is 30.3 Å². The zero-order valence-electron chi connectivity index (χ0n) is 19.3. The molecule has 1 aromatic heterocycles. The number of aromatic nitrogens is 3. The number of benzene rings is 1. The van der Waals surface area contributed by atoms with E-state index < -0.39 is 30.0 Å². The average Bonchev–Trinajstić information content (AvgIpc) is 3.47. The number of nitrogens with zero attached hydrogens (tertiary/aromatic N) is 6. The molecule has 0 radical (unpaired) electrons. The number of piperidine rings is 1. The van der Waals surface area contributed by atoms with Gasteiger partial charge < -0.3 is 24.3 Å². The van der Waals surface area contributed by atoms with Crippen molar-refractivity contribution >= 4 is 23.4 Å². The second kappa shape index (κ2) is 10.7. The lowest BCUT2D eigenvalue weighted by atomic mass is 9.90. The van der Waals surface area contributed by atoms with Crippen molar-refractivity contribution in [1.82, 2.24) is 15.0 Å². The van der Waals surface area contributed by atoms with Gasteiger partial charge in [-0.3, -0.25) is 4.90 Å². The van der Waals surface area contributed by atoms with E-state index in [-0.39, 0.29) is 37.9 Å². The molecule has 2 aliphatic rings. The highest BCUT2D eigenvalue weighted by molar-refractivity contribution is 5.90. The summed E-state index contributed by atoms with van der Waals surface area (Å²) in [5, 5.41) is 17.0. The van der Waals surface area contributed by atoms with Gasteiger partial charge in [0, 0.05) is 19.0 Å². The predicted molar refractivity (Wildman–Crippen MR) is 122 cm³/mol. The molecule has 2 aliphatic heterocycles. The molecular formula is C23H27FN6O5. The summed E-state index contributed by atoms with van der Waals surface area (Å²) in [7, 11) is 0. The Hall–Kier alpha value is -3.72. The molecule has 186 valence electrons. The number of rotatable bonds is 8. The van der Waals surface area contributed by atoms with E-state index in [2.05, 4.69) is 15.2 Å². The van der Waals surface area contributed by atoms with E-state index in [1.54, 1.807) is 19.1 Å². The second-order valence-corrected chi connectivity index (χ2v) is 8.48. The Kier molecular flexibility index (Phi) is 7.45. The monoisotopic (exact) mass is 486 g/mol. The Morgan fingerprint density at radius 3 is 2.83 bits per heavy atom. The molecule has 11 nitrogen and oxygen atoms in total. The molecule has 3 heterocycles.